The maximum atomic E-state index is 12.9. The van der Waals surface area contributed by atoms with Crippen molar-refractivity contribution in [3.63, 3.8) is 0 Å². The molecule has 4 rings (SSSR count). The highest BCUT2D eigenvalue weighted by Crippen LogP contribution is 2.48. The summed E-state index contributed by atoms with van der Waals surface area (Å²) in [5.74, 6) is -2.54. The van der Waals surface area contributed by atoms with Gasteiger partial charge in [-0.1, -0.05) is 12.2 Å². The van der Waals surface area contributed by atoms with Gasteiger partial charge in [0.05, 0.1) is 12.2 Å². The van der Waals surface area contributed by atoms with Crippen LogP contribution in [0.4, 0.5) is 0 Å². The van der Waals surface area contributed by atoms with Crippen LogP contribution in [0.2, 0.25) is 0 Å². The summed E-state index contributed by atoms with van der Waals surface area (Å²) >= 11 is 0. The highest BCUT2D eigenvalue weighted by molar-refractivity contribution is 5.92. The maximum absolute atomic E-state index is 12.9. The van der Waals surface area contributed by atoms with Gasteiger partial charge in [-0.2, -0.15) is 0 Å². The molecule has 1 aliphatic heterocycles. The van der Waals surface area contributed by atoms with Crippen molar-refractivity contribution in [3.05, 3.63) is 36.3 Å². The fourth-order valence-corrected chi connectivity index (χ4v) is 4.38. The number of carboxylic acid groups (broad SMARTS) is 1. The molecule has 2 aliphatic carbocycles. The van der Waals surface area contributed by atoms with Gasteiger partial charge in [0.25, 0.3) is 5.91 Å². The van der Waals surface area contributed by atoms with Gasteiger partial charge in [0.2, 0.25) is 5.91 Å². The number of carboxylic acids is 1. The Morgan fingerprint density at radius 2 is 1.64 bits per heavy atom. The molecule has 2 heterocycles. The van der Waals surface area contributed by atoms with Gasteiger partial charge >= 0.3 is 0 Å². The first-order chi connectivity index (χ1) is 12.1. The first-order valence-corrected chi connectivity index (χ1v) is 8.57. The minimum absolute atomic E-state index is 0.0109. The second-order valence-corrected chi connectivity index (χ2v) is 6.91. The first kappa shape index (κ1) is 15.9. The Balaban J connectivity index is 1.41. The van der Waals surface area contributed by atoms with E-state index in [1.807, 2.05) is 12.2 Å². The third-order valence-corrected chi connectivity index (χ3v) is 5.63. The van der Waals surface area contributed by atoms with Crippen molar-refractivity contribution in [2.45, 2.75) is 6.42 Å². The van der Waals surface area contributed by atoms with Gasteiger partial charge in [0, 0.05) is 38.1 Å². The Labute approximate surface area is 144 Å². The molecule has 7 heteroatoms. The number of carbonyl (C=O) groups is 3. The predicted molar refractivity (Wildman–Crippen MR) is 83.9 cm³/mol. The van der Waals surface area contributed by atoms with Crippen LogP contribution in [0.3, 0.4) is 0 Å². The van der Waals surface area contributed by atoms with E-state index in [-0.39, 0.29) is 29.4 Å². The lowest BCUT2D eigenvalue weighted by molar-refractivity contribution is -0.313. The zero-order valence-electron chi connectivity index (χ0n) is 13.7. The first-order valence-electron chi connectivity index (χ1n) is 8.57. The molecule has 3 aliphatic rings. The molecule has 2 bridgehead atoms. The van der Waals surface area contributed by atoms with E-state index in [1.54, 1.807) is 21.9 Å². The number of allylic oxidation sites excluding steroid dienone is 2. The lowest BCUT2D eigenvalue weighted by atomic mass is 9.82. The number of aliphatic carboxylic acids is 1. The summed E-state index contributed by atoms with van der Waals surface area (Å²) in [6.45, 7) is 1.64. The minimum Gasteiger partial charge on any atom is -0.550 e. The molecule has 2 amide bonds. The topological polar surface area (TPSA) is 93.9 Å². The molecule has 4 atom stereocenters. The Kier molecular flexibility index (Phi) is 3.86. The van der Waals surface area contributed by atoms with E-state index in [2.05, 4.69) is 0 Å². The molecule has 1 aromatic rings. The number of hydrogen-bond acceptors (Lipinski definition) is 5. The SMILES string of the molecule is O=C([O-])[C@H]1[C@H](C(=O)N2CCN(C(=O)c3ccco3)CC2)[C@H]2C=C[C@@H]1C2. The van der Waals surface area contributed by atoms with Crippen LogP contribution in [0.1, 0.15) is 17.0 Å². The standard InChI is InChI=1S/C18H20N2O5/c21-16(13-2-1-9-25-13)19-5-7-20(8-6-19)17(22)14-11-3-4-12(10-11)15(14)18(23)24/h1-4,9,11-12,14-15H,5-8,10H2,(H,23,24)/p-1/t11-,12+,14+,15+/m0/s1. The fraction of sp³-hybridized carbons (Fsp3) is 0.500. The molecular formula is C18H19N2O5-. The quantitative estimate of drug-likeness (QED) is 0.706. The zero-order chi connectivity index (χ0) is 17.6. The molecule has 1 aromatic heterocycles. The number of piperazine rings is 1. The summed E-state index contributed by atoms with van der Waals surface area (Å²) in [5, 5.41) is 11.5. The van der Waals surface area contributed by atoms with Gasteiger partial charge in [-0.05, 0) is 30.4 Å². The van der Waals surface area contributed by atoms with Crippen molar-refractivity contribution in [2.75, 3.05) is 26.2 Å². The summed E-state index contributed by atoms with van der Waals surface area (Å²) in [6.07, 6.45) is 6.03. The van der Waals surface area contributed by atoms with E-state index in [9.17, 15) is 19.5 Å². The van der Waals surface area contributed by atoms with Gasteiger partial charge in [0.1, 0.15) is 0 Å². The molecule has 0 N–H and O–H groups in total. The van der Waals surface area contributed by atoms with Crippen molar-refractivity contribution in [1.82, 2.24) is 9.80 Å². The number of hydrogen-bond donors (Lipinski definition) is 0. The van der Waals surface area contributed by atoms with Crippen molar-refractivity contribution >= 4 is 17.8 Å². The molecule has 7 nitrogen and oxygen atoms in total. The van der Waals surface area contributed by atoms with Crippen molar-refractivity contribution in [1.29, 1.82) is 0 Å². The molecular weight excluding hydrogens is 324 g/mol. The van der Waals surface area contributed by atoms with Gasteiger partial charge in [-0.15, -0.1) is 0 Å². The summed E-state index contributed by atoms with van der Waals surface area (Å²) in [4.78, 5) is 40.0. The van der Waals surface area contributed by atoms with Crippen LogP contribution in [0.5, 0.6) is 0 Å². The second kappa shape index (κ2) is 6.06. The molecule has 25 heavy (non-hydrogen) atoms. The molecule has 132 valence electrons. The van der Waals surface area contributed by atoms with Crippen LogP contribution in [-0.2, 0) is 9.59 Å². The van der Waals surface area contributed by atoms with Gasteiger partial charge < -0.3 is 24.1 Å². The summed E-state index contributed by atoms with van der Waals surface area (Å²) in [6, 6.07) is 3.28. The Bertz CT molecular complexity index is 718. The molecule has 0 radical (unpaired) electrons. The Morgan fingerprint density at radius 1 is 1.00 bits per heavy atom. The van der Waals surface area contributed by atoms with E-state index < -0.39 is 17.8 Å². The maximum Gasteiger partial charge on any atom is 0.289 e. The largest absolute Gasteiger partial charge is 0.550 e. The minimum atomic E-state index is -1.14. The van der Waals surface area contributed by atoms with Gasteiger partial charge in [0.15, 0.2) is 5.76 Å². The van der Waals surface area contributed by atoms with Crippen LogP contribution in [0, 0.1) is 23.7 Å². The summed E-state index contributed by atoms with van der Waals surface area (Å²) in [5.41, 5.74) is 0. The fourth-order valence-electron chi connectivity index (χ4n) is 4.38. The number of furan rings is 1. The van der Waals surface area contributed by atoms with E-state index in [0.717, 1.165) is 0 Å². The smallest absolute Gasteiger partial charge is 0.289 e. The number of carbonyl (C=O) groups excluding carboxylic acids is 3. The predicted octanol–water partition coefficient (Wildman–Crippen LogP) is -0.248. The molecule has 0 unspecified atom stereocenters. The number of amides is 2. The average Bonchev–Trinajstić information content (AvgIpc) is 3.36. The molecule has 0 spiro atoms. The molecule has 2 fully saturated rings. The third-order valence-electron chi connectivity index (χ3n) is 5.63. The lowest BCUT2D eigenvalue weighted by Crippen LogP contribution is -2.54. The van der Waals surface area contributed by atoms with E-state index in [0.29, 0.717) is 32.6 Å². The van der Waals surface area contributed by atoms with Crippen LogP contribution >= 0.6 is 0 Å². The monoisotopic (exact) mass is 343 g/mol. The van der Waals surface area contributed by atoms with Crippen LogP contribution < -0.4 is 5.11 Å². The number of nitrogens with zero attached hydrogens (tertiary/aromatic N) is 2. The summed E-state index contributed by atoms with van der Waals surface area (Å²) < 4.78 is 5.13. The number of rotatable bonds is 3. The highest BCUT2D eigenvalue weighted by Gasteiger charge is 2.50. The second-order valence-electron chi connectivity index (χ2n) is 6.91. The van der Waals surface area contributed by atoms with Crippen molar-refractivity contribution < 1.29 is 23.9 Å². The van der Waals surface area contributed by atoms with Crippen molar-refractivity contribution in [2.24, 2.45) is 23.7 Å². The Morgan fingerprint density at radius 3 is 2.24 bits per heavy atom. The van der Waals surface area contributed by atoms with E-state index >= 15 is 0 Å². The highest BCUT2D eigenvalue weighted by atomic mass is 16.4. The normalized spacial score (nSPS) is 30.7. The van der Waals surface area contributed by atoms with Crippen molar-refractivity contribution in [3.8, 4) is 0 Å². The zero-order valence-corrected chi connectivity index (χ0v) is 13.7. The van der Waals surface area contributed by atoms with E-state index in [1.165, 1.54) is 6.26 Å². The van der Waals surface area contributed by atoms with Crippen LogP contribution in [0.25, 0.3) is 0 Å². The lowest BCUT2D eigenvalue weighted by Gasteiger charge is -2.38. The number of fused-ring (bicyclic) bond motifs is 2. The average molecular weight is 343 g/mol. The van der Waals surface area contributed by atoms with Gasteiger partial charge in [-0.3, -0.25) is 9.59 Å². The summed E-state index contributed by atoms with van der Waals surface area (Å²) in [7, 11) is 0. The molecule has 1 saturated carbocycles. The third kappa shape index (κ3) is 2.63. The van der Waals surface area contributed by atoms with E-state index in [4.69, 9.17) is 4.42 Å². The molecule has 0 aromatic carbocycles. The van der Waals surface area contributed by atoms with Crippen LogP contribution in [-0.4, -0.2) is 53.8 Å². The van der Waals surface area contributed by atoms with Gasteiger partial charge in [-0.25, -0.2) is 0 Å². The Hall–Kier alpha value is -2.57. The van der Waals surface area contributed by atoms with Crippen LogP contribution in [0.15, 0.2) is 35.0 Å². The molecule has 1 saturated heterocycles.